The number of amides is 1. The average molecular weight is 908 g/mol. The minimum Gasteiger partial charge on any atom is -0.458 e. The third kappa shape index (κ3) is 8.20. The topological polar surface area (TPSA) is 218 Å². The highest BCUT2D eigenvalue weighted by Crippen LogP contribution is 2.67. The van der Waals surface area contributed by atoms with E-state index in [4.69, 9.17) is 23.7 Å². The molecule has 3 fully saturated rings. The third-order valence-electron chi connectivity index (χ3n) is 14.6. The number of nitrogens with one attached hydrogen (secondary N) is 1. The summed E-state index contributed by atoms with van der Waals surface area (Å²) in [5.74, 6) is -7.85. The molecule has 1 unspecified atom stereocenters. The van der Waals surface area contributed by atoms with E-state index in [-0.39, 0.29) is 41.5 Å². The Morgan fingerprint density at radius 3 is 1.95 bits per heavy atom. The van der Waals surface area contributed by atoms with E-state index in [1.54, 1.807) is 99.6 Å². The molecule has 7 rings (SSSR count). The summed E-state index contributed by atoms with van der Waals surface area (Å²) >= 11 is 0. The SMILES string of the molecule is CCC(=O)O[C@@H](C(=O)O[C@H]1C[C@@]2(O)[C@@H](OC(=O)c3ccccc3)C3[C@](C)(C(=O)[C@H](OC(C)=O)C(=C1C)C2(C)C)[C@@H](O)C[C@H]1CC[C@@]31OC(C)=O)[C@@H](NC(=O)c1ccccc1)c1ccccc1. The zero-order valence-electron chi connectivity index (χ0n) is 38.1. The number of aliphatic hydroxyl groups is 2. The van der Waals surface area contributed by atoms with Gasteiger partial charge in [-0.2, -0.15) is 0 Å². The van der Waals surface area contributed by atoms with Gasteiger partial charge >= 0.3 is 29.8 Å². The highest BCUT2D eigenvalue weighted by molar-refractivity contribution is 5.96. The van der Waals surface area contributed by atoms with Crippen molar-refractivity contribution in [3.63, 3.8) is 0 Å². The Bertz CT molecular complexity index is 2420. The van der Waals surface area contributed by atoms with Crippen molar-refractivity contribution < 1.29 is 67.5 Å². The maximum Gasteiger partial charge on any atom is 0.350 e. The lowest BCUT2D eigenvalue weighted by Crippen LogP contribution is -2.78. The maximum absolute atomic E-state index is 15.7. The van der Waals surface area contributed by atoms with Gasteiger partial charge < -0.3 is 39.2 Å². The number of carbonyl (C=O) groups is 7. The molecule has 3 saturated carbocycles. The van der Waals surface area contributed by atoms with Crippen LogP contribution in [0.2, 0.25) is 0 Å². The van der Waals surface area contributed by atoms with E-state index in [2.05, 4.69) is 5.32 Å². The molecular weight excluding hydrogens is 851 g/mol. The average Bonchev–Trinajstić information content (AvgIpc) is 3.28. The van der Waals surface area contributed by atoms with Gasteiger partial charge in [0.05, 0.1) is 23.0 Å². The van der Waals surface area contributed by atoms with Crippen LogP contribution in [0.15, 0.2) is 102 Å². The number of ether oxygens (including phenoxy) is 5. The Balaban J connectivity index is 1.42. The van der Waals surface area contributed by atoms with Gasteiger partial charge in [0.1, 0.15) is 29.5 Å². The fourth-order valence-corrected chi connectivity index (χ4v) is 11.1. The van der Waals surface area contributed by atoms with Crippen LogP contribution in [0.3, 0.4) is 0 Å². The summed E-state index contributed by atoms with van der Waals surface area (Å²) in [5.41, 5.74) is -6.68. The molecule has 0 heterocycles. The Morgan fingerprint density at radius 1 is 0.818 bits per heavy atom. The van der Waals surface area contributed by atoms with Crippen molar-refractivity contribution >= 4 is 41.5 Å². The zero-order chi connectivity index (χ0) is 47.9. The van der Waals surface area contributed by atoms with E-state index in [0.717, 1.165) is 6.92 Å². The van der Waals surface area contributed by atoms with Gasteiger partial charge in [0.2, 0.25) is 6.10 Å². The fraction of sp³-hybridized carbons (Fsp3) is 0.471. The number of rotatable bonds is 12. The van der Waals surface area contributed by atoms with E-state index in [1.807, 2.05) is 0 Å². The number of fused-ring (bicyclic) bond motifs is 5. The van der Waals surface area contributed by atoms with Crippen LogP contribution in [-0.2, 0) is 47.7 Å². The Labute approximate surface area is 383 Å². The molecule has 3 N–H and O–H groups in total. The number of carbonyl (C=O) groups excluding carboxylic acids is 7. The second kappa shape index (κ2) is 18.2. The number of ketones is 1. The fourth-order valence-electron chi connectivity index (χ4n) is 11.1. The van der Waals surface area contributed by atoms with Crippen LogP contribution in [0.5, 0.6) is 0 Å². The van der Waals surface area contributed by atoms with Gasteiger partial charge in [-0.3, -0.25) is 24.0 Å². The zero-order valence-corrected chi connectivity index (χ0v) is 38.1. The van der Waals surface area contributed by atoms with E-state index in [0.29, 0.717) is 12.0 Å². The van der Waals surface area contributed by atoms with E-state index >= 15 is 4.79 Å². The number of Topliss-reactive ketones (excluding diaryl/α,β-unsaturated/α-hetero) is 1. The normalized spacial score (nSPS) is 30.5. The van der Waals surface area contributed by atoms with Crippen molar-refractivity contribution in [3.05, 3.63) is 119 Å². The lowest BCUT2D eigenvalue weighted by Gasteiger charge is -2.68. The maximum atomic E-state index is 15.7. The molecule has 11 atom stereocenters. The van der Waals surface area contributed by atoms with Gasteiger partial charge in [0.25, 0.3) is 5.91 Å². The van der Waals surface area contributed by atoms with Crippen LogP contribution in [-0.4, -0.2) is 93.5 Å². The van der Waals surface area contributed by atoms with Crippen molar-refractivity contribution in [2.75, 3.05) is 0 Å². The minimum absolute atomic E-state index is 0.000484. The van der Waals surface area contributed by atoms with Crippen LogP contribution in [0, 0.1) is 22.7 Å². The minimum atomic E-state index is -2.37. The molecule has 3 aromatic carbocycles. The summed E-state index contributed by atoms with van der Waals surface area (Å²) in [6.07, 6.45) is -8.42. The van der Waals surface area contributed by atoms with Crippen molar-refractivity contribution in [2.24, 2.45) is 22.7 Å². The van der Waals surface area contributed by atoms with Crippen LogP contribution in [0.4, 0.5) is 0 Å². The van der Waals surface area contributed by atoms with Crippen LogP contribution in [0.1, 0.15) is 113 Å². The van der Waals surface area contributed by atoms with Gasteiger partial charge in [-0.25, -0.2) is 9.59 Å². The second-order valence-electron chi connectivity index (χ2n) is 18.6. The van der Waals surface area contributed by atoms with Crippen LogP contribution in [0.25, 0.3) is 0 Å². The summed E-state index contributed by atoms with van der Waals surface area (Å²) in [4.78, 5) is 98.2. The molecule has 0 radical (unpaired) electrons. The second-order valence-corrected chi connectivity index (χ2v) is 18.6. The van der Waals surface area contributed by atoms with Crippen molar-refractivity contribution in [1.82, 2.24) is 5.32 Å². The van der Waals surface area contributed by atoms with Crippen LogP contribution < -0.4 is 5.32 Å². The van der Waals surface area contributed by atoms with E-state index < -0.39 is 118 Å². The molecule has 15 heteroatoms. The molecule has 4 aliphatic rings. The van der Waals surface area contributed by atoms with Gasteiger partial charge in [0.15, 0.2) is 11.9 Å². The molecule has 350 valence electrons. The van der Waals surface area contributed by atoms with Crippen molar-refractivity contribution in [1.29, 1.82) is 0 Å². The van der Waals surface area contributed by atoms with Gasteiger partial charge in [0, 0.05) is 43.6 Å². The molecule has 4 aliphatic carbocycles. The number of hydrogen-bond donors (Lipinski definition) is 3. The molecule has 3 aromatic rings. The van der Waals surface area contributed by atoms with Gasteiger partial charge in [-0.1, -0.05) is 87.5 Å². The quantitative estimate of drug-likeness (QED) is 0.113. The van der Waals surface area contributed by atoms with Crippen molar-refractivity contribution in [2.45, 2.75) is 128 Å². The predicted octanol–water partition coefficient (Wildman–Crippen LogP) is 5.71. The highest BCUT2D eigenvalue weighted by atomic mass is 16.6. The first kappa shape index (κ1) is 47.8. The van der Waals surface area contributed by atoms with Crippen molar-refractivity contribution in [3.8, 4) is 0 Å². The third-order valence-corrected chi connectivity index (χ3v) is 14.6. The first-order chi connectivity index (χ1) is 31.2. The first-order valence-electron chi connectivity index (χ1n) is 22.3. The number of benzene rings is 3. The summed E-state index contributed by atoms with van der Waals surface area (Å²) in [6, 6.07) is 23.2. The molecule has 66 heavy (non-hydrogen) atoms. The number of aliphatic hydroxyl groups excluding tert-OH is 1. The Kier molecular flexibility index (Phi) is 13.2. The van der Waals surface area contributed by atoms with Gasteiger partial charge in [-0.05, 0) is 74.1 Å². The molecule has 1 amide bonds. The molecule has 0 saturated heterocycles. The molecule has 0 aromatic heterocycles. The monoisotopic (exact) mass is 907 g/mol. The lowest BCUT2D eigenvalue weighted by atomic mass is 9.41. The molecule has 2 bridgehead atoms. The highest BCUT2D eigenvalue weighted by Gasteiger charge is 2.77. The predicted molar refractivity (Wildman–Crippen MR) is 235 cm³/mol. The summed E-state index contributed by atoms with van der Waals surface area (Å²) in [7, 11) is 0. The van der Waals surface area contributed by atoms with Gasteiger partial charge in [-0.15, -0.1) is 0 Å². The standard InChI is InChI=1S/C51H57NO14/c1-8-37(56)64-41(39(31-18-12-9-13-19-31)52-45(58)32-20-14-10-15-21-32)47(60)63-35-27-51(61)44(65-46(59)33-22-16-11-17-23-33)42-49(7,36(55)26-34-24-25-50(34,42)66-30(4)54)43(57)40(62-29(3)53)38(28(35)2)48(51,5)6/h9-23,34-36,39-42,44,55,61H,8,24-27H2,1-7H3,(H,52,58)/t34-,35+,36+,39+,40-,41-,42?,44+,49-,50+,51-/m1/s1. The largest absolute Gasteiger partial charge is 0.458 e. The molecular formula is C51H57NO14. The molecule has 15 nitrogen and oxygen atoms in total. The van der Waals surface area contributed by atoms with E-state index in [9.17, 15) is 39.0 Å². The lowest BCUT2D eigenvalue weighted by molar-refractivity contribution is -0.296. The van der Waals surface area contributed by atoms with Crippen LogP contribution >= 0.6 is 0 Å². The number of hydrogen-bond acceptors (Lipinski definition) is 14. The Hall–Kier alpha value is -6.19. The summed E-state index contributed by atoms with van der Waals surface area (Å²) in [6.45, 7) is 10.0. The number of esters is 5. The Morgan fingerprint density at radius 2 is 1.41 bits per heavy atom. The summed E-state index contributed by atoms with van der Waals surface area (Å²) in [5, 5.41) is 28.9. The summed E-state index contributed by atoms with van der Waals surface area (Å²) < 4.78 is 30.8. The smallest absolute Gasteiger partial charge is 0.350 e. The van der Waals surface area contributed by atoms with E-state index in [1.165, 1.54) is 32.9 Å². The first-order valence-corrected chi connectivity index (χ1v) is 22.3. The molecule has 0 spiro atoms. The molecule has 0 aliphatic heterocycles.